The van der Waals surface area contributed by atoms with Crippen molar-refractivity contribution in [3.63, 3.8) is 0 Å². The molecule has 0 unspecified atom stereocenters. The number of rotatable bonds is 14. The Morgan fingerprint density at radius 1 is 0.918 bits per heavy atom. The van der Waals surface area contributed by atoms with Crippen LogP contribution >= 0.6 is 0 Å². The first-order valence-corrected chi connectivity index (χ1v) is 20.9. The summed E-state index contributed by atoms with van der Waals surface area (Å²) in [6, 6.07) is 0.323. The Morgan fingerprint density at radius 2 is 1.59 bits per heavy atom. The van der Waals surface area contributed by atoms with Gasteiger partial charge in [0, 0.05) is 25.6 Å². The van der Waals surface area contributed by atoms with E-state index < -0.39 is 33.0 Å². The van der Waals surface area contributed by atoms with Gasteiger partial charge in [-0.25, -0.2) is 16.8 Å². The Morgan fingerprint density at radius 3 is 2.20 bits per heavy atom. The molecule has 1 aliphatic heterocycles. The van der Waals surface area contributed by atoms with Crippen molar-refractivity contribution in [3.05, 3.63) is 0 Å². The maximum absolute atomic E-state index is 12.1. The topological polar surface area (TPSA) is 165 Å². The quantitative estimate of drug-likeness (QED) is 0.101. The molecule has 5 rings (SSSR count). The molecule has 11 nitrogen and oxygen atoms in total. The monoisotopic (exact) mass is 748 g/mol. The summed E-state index contributed by atoms with van der Waals surface area (Å²) in [5.74, 6) is 1.54. The predicted octanol–water partition coefficient (Wildman–Crippen LogP) is -1.00. The molecular formula is C34H58N2Na2O9S2. The van der Waals surface area contributed by atoms with Crippen LogP contribution in [0.15, 0.2) is 0 Å². The molecule has 0 bridgehead atoms. The van der Waals surface area contributed by atoms with E-state index in [1.165, 1.54) is 0 Å². The van der Waals surface area contributed by atoms with E-state index in [9.17, 15) is 30.7 Å². The van der Waals surface area contributed by atoms with Crippen LogP contribution in [0.5, 0.6) is 0 Å². The molecule has 15 heteroatoms. The van der Waals surface area contributed by atoms with Gasteiger partial charge in [-0.2, -0.15) is 0 Å². The van der Waals surface area contributed by atoms with Gasteiger partial charge in [0.2, 0.25) is 26.7 Å². The summed E-state index contributed by atoms with van der Waals surface area (Å²) in [7, 11) is -9.67. The van der Waals surface area contributed by atoms with E-state index in [-0.39, 0.29) is 111 Å². The summed E-state index contributed by atoms with van der Waals surface area (Å²) >= 11 is 0. The summed E-state index contributed by atoms with van der Waals surface area (Å²) in [4.78, 5) is 13.9. The number of nitrogens with one attached hydrogen (secondary N) is 1. The molecule has 4 aliphatic carbocycles. The summed E-state index contributed by atoms with van der Waals surface area (Å²) in [5.41, 5.74) is 0.000312. The standard InChI is InChI=1S/C34H60N2O9S2.2Na/c1-22(2)29(44-46(38,39)40)12-9-23(3)26-10-11-27-32-28(14-16-34(26,27)5)33(4)15-13-25(20-24(33)21-30(32)45-47(41,42)43)35-17-7-19-36-18-6-8-31(36)37;;/h22-30,32,35H,6-21H2,1-5H3,(H,38,39,40)(H,41,42,43);;/q;2*+1/p-2/t23-,24-,25+,26-,27+,28+,29+,30-,32+,33+,34-;;/m1../s1. The van der Waals surface area contributed by atoms with Crippen molar-refractivity contribution >= 4 is 26.7 Å². The molecule has 1 saturated heterocycles. The van der Waals surface area contributed by atoms with Crippen molar-refractivity contribution < 1.29 is 98.2 Å². The second kappa shape index (κ2) is 17.8. The Kier molecular flexibility index (Phi) is 16.1. The van der Waals surface area contributed by atoms with Crippen molar-refractivity contribution in [2.45, 2.75) is 136 Å². The fourth-order valence-electron chi connectivity index (χ4n) is 11.4. The predicted molar refractivity (Wildman–Crippen MR) is 175 cm³/mol. The minimum Gasteiger partial charge on any atom is -0.726 e. The molecule has 1 heterocycles. The van der Waals surface area contributed by atoms with Crippen LogP contribution in [-0.4, -0.2) is 74.6 Å². The zero-order valence-corrected chi connectivity index (χ0v) is 36.7. The fraction of sp³-hybridized carbons (Fsp3) is 0.971. The van der Waals surface area contributed by atoms with Crippen molar-refractivity contribution in [2.75, 3.05) is 19.6 Å². The van der Waals surface area contributed by atoms with Crippen LogP contribution in [0.1, 0.15) is 118 Å². The minimum atomic E-state index is -4.88. The summed E-state index contributed by atoms with van der Waals surface area (Å²) in [5, 5.41) is 3.73. The average molecular weight is 749 g/mol. The fourth-order valence-corrected chi connectivity index (χ4v) is 12.5. The van der Waals surface area contributed by atoms with E-state index >= 15 is 0 Å². The number of amides is 1. The van der Waals surface area contributed by atoms with Gasteiger partial charge in [0.25, 0.3) is 0 Å². The summed E-state index contributed by atoms with van der Waals surface area (Å²) < 4.78 is 80.8. The molecule has 1 N–H and O–H groups in total. The molecular weight excluding hydrogens is 690 g/mol. The third-order valence-electron chi connectivity index (χ3n) is 13.8. The van der Waals surface area contributed by atoms with Gasteiger partial charge in [-0.3, -0.25) is 13.2 Å². The first-order valence-electron chi connectivity index (χ1n) is 18.2. The van der Waals surface area contributed by atoms with Crippen LogP contribution in [0.4, 0.5) is 0 Å². The van der Waals surface area contributed by atoms with Crippen molar-refractivity contribution in [2.24, 2.45) is 52.3 Å². The molecule has 4 saturated carbocycles. The third-order valence-corrected chi connectivity index (χ3v) is 14.7. The molecule has 0 radical (unpaired) electrons. The molecule has 0 aromatic rings. The number of carbonyl (C=O) groups is 1. The molecule has 5 fully saturated rings. The van der Waals surface area contributed by atoms with Gasteiger partial charge in [-0.05, 0) is 136 Å². The number of carbonyl (C=O) groups excluding carboxylic acids is 1. The number of hydrogen-bond acceptors (Lipinski definition) is 10. The maximum Gasteiger partial charge on any atom is 1.00 e. The van der Waals surface area contributed by atoms with Crippen LogP contribution in [0.3, 0.4) is 0 Å². The summed E-state index contributed by atoms with van der Waals surface area (Å²) in [6.45, 7) is 13.2. The van der Waals surface area contributed by atoms with Gasteiger partial charge in [-0.1, -0.05) is 34.6 Å². The summed E-state index contributed by atoms with van der Waals surface area (Å²) in [6.07, 6.45) is 10.0. The van der Waals surface area contributed by atoms with Crippen LogP contribution in [0, 0.1) is 52.3 Å². The van der Waals surface area contributed by atoms with Crippen molar-refractivity contribution in [1.29, 1.82) is 0 Å². The molecule has 11 atom stereocenters. The van der Waals surface area contributed by atoms with Gasteiger partial charge in [-0.15, -0.1) is 0 Å². The molecule has 5 aliphatic rings. The van der Waals surface area contributed by atoms with Gasteiger partial charge < -0.3 is 19.3 Å². The van der Waals surface area contributed by atoms with Crippen LogP contribution in [0.25, 0.3) is 0 Å². The van der Waals surface area contributed by atoms with E-state index in [1.807, 2.05) is 18.7 Å². The first-order chi connectivity index (χ1) is 21.9. The smallest absolute Gasteiger partial charge is 0.726 e. The van der Waals surface area contributed by atoms with E-state index in [2.05, 4.69) is 26.1 Å². The Hall–Kier alpha value is 1.17. The zero-order valence-electron chi connectivity index (χ0n) is 31.0. The Labute approximate surface area is 340 Å². The van der Waals surface area contributed by atoms with Crippen LogP contribution in [0.2, 0.25) is 0 Å². The van der Waals surface area contributed by atoms with Crippen LogP contribution < -0.4 is 64.4 Å². The van der Waals surface area contributed by atoms with Crippen molar-refractivity contribution in [3.8, 4) is 0 Å². The second-order valence-electron chi connectivity index (χ2n) is 16.6. The van der Waals surface area contributed by atoms with E-state index in [1.54, 1.807) is 0 Å². The number of hydrogen-bond donors (Lipinski definition) is 1. The number of nitrogens with zero attached hydrogens (tertiary/aromatic N) is 1. The SMILES string of the molecule is CC(C)[C@H](CC[C@@H](C)[C@H]1CC[C@H]2[C@@H]3[C@H](OS(=O)(=O)[O-])C[C@H]4C[C@@H](NCCCN5CCCC5=O)CC[C@]4(C)[C@H]3CC[C@]12C)OS(=O)(=O)[O-].[Na+].[Na+]. The van der Waals surface area contributed by atoms with Gasteiger partial charge >= 0.3 is 59.1 Å². The van der Waals surface area contributed by atoms with Crippen molar-refractivity contribution in [1.82, 2.24) is 10.2 Å². The Bertz CT molecular complexity index is 1340. The Balaban J connectivity index is 0.00000325. The molecule has 1 amide bonds. The average Bonchev–Trinajstić information content (AvgIpc) is 3.54. The third kappa shape index (κ3) is 10.5. The largest absolute Gasteiger partial charge is 1.00 e. The minimum absolute atomic E-state index is 0. The number of likely N-dealkylation sites (tertiary alicyclic amines) is 1. The van der Waals surface area contributed by atoms with Gasteiger partial charge in [0.05, 0.1) is 12.2 Å². The van der Waals surface area contributed by atoms with E-state index in [4.69, 9.17) is 8.37 Å². The molecule has 0 spiro atoms. The van der Waals surface area contributed by atoms with Crippen LogP contribution in [-0.2, 0) is 34.0 Å². The van der Waals surface area contributed by atoms with Gasteiger partial charge in [0.1, 0.15) is 0 Å². The number of fused-ring (bicyclic) bond motifs is 5. The molecule has 49 heavy (non-hydrogen) atoms. The normalized spacial score (nSPS) is 37.4. The van der Waals surface area contributed by atoms with E-state index in [0.717, 1.165) is 83.8 Å². The molecule has 272 valence electrons. The molecule has 0 aromatic carbocycles. The zero-order chi connectivity index (χ0) is 34.4. The van der Waals surface area contributed by atoms with Gasteiger partial charge in [0.15, 0.2) is 0 Å². The maximum atomic E-state index is 12.1. The molecule has 0 aromatic heterocycles. The second-order valence-corrected chi connectivity index (χ2v) is 18.6. The first kappa shape index (κ1) is 44.6. The van der Waals surface area contributed by atoms with E-state index in [0.29, 0.717) is 31.2 Å².